The lowest BCUT2D eigenvalue weighted by Gasteiger charge is -2.18. The number of hydrogen-bond donors (Lipinski definition) is 0. The van der Waals surface area contributed by atoms with Crippen molar-refractivity contribution in [3.05, 3.63) is 47.3 Å². The van der Waals surface area contributed by atoms with Crippen LogP contribution in [0.5, 0.6) is 0 Å². The van der Waals surface area contributed by atoms with E-state index < -0.39 is 10.8 Å². The number of anilines is 1. The summed E-state index contributed by atoms with van der Waals surface area (Å²) < 4.78 is 11.4. The van der Waals surface area contributed by atoms with Crippen molar-refractivity contribution in [2.75, 3.05) is 18.2 Å². The summed E-state index contributed by atoms with van der Waals surface area (Å²) in [6, 6.07) is 9.76. The highest BCUT2D eigenvalue weighted by atomic mass is 32.2. The average molecular weight is 289 g/mol. The molecule has 0 saturated heterocycles. The molecule has 0 aliphatic rings. The number of aromatic nitrogens is 2. The van der Waals surface area contributed by atoms with Gasteiger partial charge in [0.05, 0.1) is 0 Å². The monoisotopic (exact) mass is 289 g/mol. The number of nitrogens with zero attached hydrogens (tertiary/aromatic N) is 3. The Morgan fingerprint density at radius 1 is 1.10 bits per heavy atom. The van der Waals surface area contributed by atoms with E-state index in [-0.39, 0.29) is 0 Å². The van der Waals surface area contributed by atoms with Crippen LogP contribution in [0.2, 0.25) is 0 Å². The van der Waals surface area contributed by atoms with Crippen molar-refractivity contribution < 1.29 is 4.21 Å². The molecule has 1 heterocycles. The van der Waals surface area contributed by atoms with Crippen LogP contribution in [-0.4, -0.2) is 27.5 Å². The van der Waals surface area contributed by atoms with Crippen LogP contribution in [0.15, 0.2) is 35.2 Å². The quantitative estimate of drug-likeness (QED) is 0.867. The van der Waals surface area contributed by atoms with E-state index in [1.807, 2.05) is 56.1 Å². The summed E-state index contributed by atoms with van der Waals surface area (Å²) >= 11 is 0. The molecule has 2 rings (SSSR count). The summed E-state index contributed by atoms with van der Waals surface area (Å²) in [6.07, 6.45) is 1.69. The summed E-state index contributed by atoms with van der Waals surface area (Å²) in [5, 5.41) is 0. The van der Waals surface area contributed by atoms with E-state index in [1.165, 1.54) is 0 Å². The molecule has 106 valence electrons. The molecule has 0 spiro atoms. The Morgan fingerprint density at radius 2 is 1.65 bits per heavy atom. The minimum Gasteiger partial charge on any atom is -0.340 e. The van der Waals surface area contributed by atoms with E-state index >= 15 is 0 Å². The molecule has 0 saturated carbocycles. The first-order valence-corrected chi connectivity index (χ1v) is 7.97. The minimum absolute atomic E-state index is 0.722. The third kappa shape index (κ3) is 3.63. The van der Waals surface area contributed by atoms with Gasteiger partial charge in [-0.1, -0.05) is 12.1 Å². The van der Waals surface area contributed by atoms with Gasteiger partial charge in [-0.2, -0.15) is 0 Å². The molecule has 0 N–H and O–H groups in total. The number of rotatable bonds is 4. The van der Waals surface area contributed by atoms with Crippen LogP contribution in [0.4, 0.5) is 5.95 Å². The fraction of sp³-hybridized carbons (Fsp3) is 0.333. The molecular weight excluding hydrogens is 270 g/mol. The van der Waals surface area contributed by atoms with Crippen molar-refractivity contribution in [2.45, 2.75) is 25.3 Å². The van der Waals surface area contributed by atoms with Crippen LogP contribution >= 0.6 is 0 Å². The van der Waals surface area contributed by atoms with Gasteiger partial charge in [0.15, 0.2) is 0 Å². The maximum absolute atomic E-state index is 11.4. The van der Waals surface area contributed by atoms with E-state index in [4.69, 9.17) is 0 Å². The van der Waals surface area contributed by atoms with Gasteiger partial charge in [-0.15, -0.1) is 0 Å². The molecule has 0 bridgehead atoms. The van der Waals surface area contributed by atoms with E-state index in [2.05, 4.69) is 9.97 Å². The van der Waals surface area contributed by atoms with Gasteiger partial charge in [-0.25, -0.2) is 9.97 Å². The van der Waals surface area contributed by atoms with Gasteiger partial charge < -0.3 is 4.90 Å². The third-order valence-electron chi connectivity index (χ3n) is 2.99. The molecule has 1 atom stereocenters. The number of aryl methyl sites for hydroxylation is 2. The molecule has 0 radical (unpaired) electrons. The Kier molecular flexibility index (Phi) is 4.49. The fourth-order valence-electron chi connectivity index (χ4n) is 2.01. The summed E-state index contributed by atoms with van der Waals surface area (Å²) in [6.45, 7) is 4.66. The molecular formula is C15H19N3OS. The molecule has 0 aliphatic carbocycles. The van der Waals surface area contributed by atoms with Crippen molar-refractivity contribution in [1.29, 1.82) is 0 Å². The third-order valence-corrected chi connectivity index (χ3v) is 3.92. The molecule has 1 aromatic carbocycles. The van der Waals surface area contributed by atoms with Crippen molar-refractivity contribution >= 4 is 16.7 Å². The van der Waals surface area contributed by atoms with Crippen molar-refractivity contribution in [2.24, 2.45) is 0 Å². The largest absolute Gasteiger partial charge is 0.340 e. The van der Waals surface area contributed by atoms with Gasteiger partial charge in [-0.3, -0.25) is 4.21 Å². The average Bonchev–Trinajstić information content (AvgIpc) is 2.38. The van der Waals surface area contributed by atoms with Gasteiger partial charge >= 0.3 is 0 Å². The predicted octanol–water partition coefficient (Wildman–Crippen LogP) is 2.47. The highest BCUT2D eigenvalue weighted by molar-refractivity contribution is 7.84. The van der Waals surface area contributed by atoms with Crippen LogP contribution in [0.1, 0.15) is 17.0 Å². The number of benzene rings is 1. The summed E-state index contributed by atoms with van der Waals surface area (Å²) in [5.41, 5.74) is 3.08. The molecule has 20 heavy (non-hydrogen) atoms. The normalized spacial score (nSPS) is 12.2. The maximum Gasteiger partial charge on any atom is 0.225 e. The highest BCUT2D eigenvalue weighted by Gasteiger charge is 2.07. The lowest BCUT2D eigenvalue weighted by Crippen LogP contribution is -2.19. The molecule has 0 amide bonds. The smallest absolute Gasteiger partial charge is 0.225 e. The highest BCUT2D eigenvalue weighted by Crippen LogP contribution is 2.13. The van der Waals surface area contributed by atoms with Crippen molar-refractivity contribution in [3.63, 3.8) is 0 Å². The van der Waals surface area contributed by atoms with Crippen LogP contribution in [0.3, 0.4) is 0 Å². The SMILES string of the molecule is Cc1cc(C)nc(N(C)Cc2ccc([S@](C)=O)cc2)n1. The first-order chi connectivity index (χ1) is 9.45. The fourth-order valence-corrected chi connectivity index (χ4v) is 2.53. The van der Waals surface area contributed by atoms with Gasteiger partial charge in [0, 0.05) is 46.9 Å². The standard InChI is InChI=1S/C15H19N3OS/c1-11-9-12(2)17-15(16-11)18(3)10-13-5-7-14(8-6-13)20(4)19/h5-9H,10H2,1-4H3/t20-/m0/s1. The lowest BCUT2D eigenvalue weighted by molar-refractivity contribution is 0.686. The number of hydrogen-bond acceptors (Lipinski definition) is 4. The van der Waals surface area contributed by atoms with Gasteiger partial charge in [0.25, 0.3) is 0 Å². The topological polar surface area (TPSA) is 46.1 Å². The second kappa shape index (κ2) is 6.13. The Balaban J connectivity index is 2.14. The minimum atomic E-state index is -0.930. The summed E-state index contributed by atoms with van der Waals surface area (Å²) in [4.78, 5) is 11.7. The first-order valence-electron chi connectivity index (χ1n) is 6.41. The Labute approximate surface area is 122 Å². The Bertz CT molecular complexity index is 605. The second-order valence-electron chi connectivity index (χ2n) is 4.90. The van der Waals surface area contributed by atoms with Crippen LogP contribution in [0, 0.1) is 13.8 Å². The van der Waals surface area contributed by atoms with E-state index in [9.17, 15) is 4.21 Å². The molecule has 4 nitrogen and oxygen atoms in total. The predicted molar refractivity (Wildman–Crippen MR) is 82.4 cm³/mol. The van der Waals surface area contributed by atoms with Crippen LogP contribution in [-0.2, 0) is 17.3 Å². The molecule has 2 aromatic rings. The molecule has 0 aliphatic heterocycles. The van der Waals surface area contributed by atoms with E-state index in [0.717, 1.165) is 34.3 Å². The second-order valence-corrected chi connectivity index (χ2v) is 6.28. The van der Waals surface area contributed by atoms with Crippen LogP contribution < -0.4 is 4.90 Å². The zero-order valence-electron chi connectivity index (χ0n) is 12.3. The molecule has 5 heteroatoms. The van der Waals surface area contributed by atoms with Gasteiger partial charge in [0.2, 0.25) is 5.95 Å². The van der Waals surface area contributed by atoms with E-state index in [1.54, 1.807) is 6.26 Å². The van der Waals surface area contributed by atoms with Crippen molar-refractivity contribution in [1.82, 2.24) is 9.97 Å². The van der Waals surface area contributed by atoms with E-state index in [0.29, 0.717) is 0 Å². The maximum atomic E-state index is 11.4. The summed E-state index contributed by atoms with van der Waals surface area (Å²) in [5.74, 6) is 0.727. The van der Waals surface area contributed by atoms with Crippen LogP contribution in [0.25, 0.3) is 0 Å². The zero-order chi connectivity index (χ0) is 14.7. The Morgan fingerprint density at radius 3 is 2.15 bits per heavy atom. The Hall–Kier alpha value is -1.75. The first kappa shape index (κ1) is 14.7. The summed E-state index contributed by atoms with van der Waals surface area (Å²) in [7, 11) is 1.04. The zero-order valence-corrected chi connectivity index (χ0v) is 13.1. The lowest BCUT2D eigenvalue weighted by atomic mass is 10.2. The molecule has 0 unspecified atom stereocenters. The molecule has 0 fully saturated rings. The van der Waals surface area contributed by atoms with Crippen molar-refractivity contribution in [3.8, 4) is 0 Å². The van der Waals surface area contributed by atoms with Gasteiger partial charge in [0.1, 0.15) is 0 Å². The van der Waals surface area contributed by atoms with Gasteiger partial charge in [-0.05, 0) is 37.6 Å². The molecule has 1 aromatic heterocycles.